The summed E-state index contributed by atoms with van der Waals surface area (Å²) in [4.78, 5) is 46.4. The van der Waals surface area contributed by atoms with Crippen LogP contribution < -0.4 is 5.32 Å². The van der Waals surface area contributed by atoms with Crippen molar-refractivity contribution >= 4 is 17.7 Å². The highest BCUT2D eigenvalue weighted by Gasteiger charge is 2.47. The van der Waals surface area contributed by atoms with Crippen LogP contribution in [0.15, 0.2) is 31.0 Å². The van der Waals surface area contributed by atoms with Crippen molar-refractivity contribution in [3.63, 3.8) is 0 Å². The smallest absolute Gasteiger partial charge is 0.233 e. The first-order valence-electron chi connectivity index (χ1n) is 9.55. The molecule has 146 valence electrons. The summed E-state index contributed by atoms with van der Waals surface area (Å²) in [5, 5.41) is 6.81. The number of rotatable bonds is 6. The first-order chi connectivity index (χ1) is 13.6. The maximum absolute atomic E-state index is 12.4. The number of amides is 3. The Labute approximate surface area is 162 Å². The van der Waals surface area contributed by atoms with E-state index in [0.717, 1.165) is 31.2 Å². The number of nitrogens with one attached hydrogen (secondary N) is 1. The van der Waals surface area contributed by atoms with Crippen molar-refractivity contribution in [2.45, 2.75) is 38.6 Å². The van der Waals surface area contributed by atoms with E-state index in [9.17, 15) is 14.4 Å². The van der Waals surface area contributed by atoms with Gasteiger partial charge in [-0.1, -0.05) is 18.9 Å². The van der Waals surface area contributed by atoms with Crippen LogP contribution in [-0.2, 0) is 20.9 Å². The Morgan fingerprint density at radius 2 is 1.89 bits per heavy atom. The number of aromatic nitrogens is 4. The van der Waals surface area contributed by atoms with Crippen molar-refractivity contribution in [2.75, 3.05) is 6.54 Å². The molecule has 2 aliphatic rings. The van der Waals surface area contributed by atoms with Gasteiger partial charge in [-0.15, -0.1) is 0 Å². The topological polar surface area (TPSA) is 110 Å². The van der Waals surface area contributed by atoms with Crippen LogP contribution in [0.5, 0.6) is 0 Å². The molecule has 0 unspecified atom stereocenters. The molecule has 9 nitrogen and oxygen atoms in total. The Morgan fingerprint density at radius 3 is 2.50 bits per heavy atom. The standard InChI is InChI=1S/C19H22N6O3/c26-17(7-8-24-18(27)14-3-1-2-4-15(14)19(24)28)22-10-13-5-6-16(21-9-13)25-12-20-11-23-25/h5-6,9,11-12,14-15H,1-4,7-8,10H2,(H,22,26)/t14-,15+. The number of carbonyl (C=O) groups excluding carboxylic acids is 3. The van der Waals surface area contributed by atoms with Gasteiger partial charge in [-0.2, -0.15) is 5.10 Å². The van der Waals surface area contributed by atoms with E-state index in [1.807, 2.05) is 6.07 Å². The van der Waals surface area contributed by atoms with E-state index >= 15 is 0 Å². The second-order valence-corrected chi connectivity index (χ2v) is 7.22. The molecule has 2 aromatic heterocycles. The summed E-state index contributed by atoms with van der Waals surface area (Å²) in [5.74, 6) is -0.0977. The predicted octanol–water partition coefficient (Wildman–Crippen LogP) is 0.844. The highest BCUT2D eigenvalue weighted by atomic mass is 16.2. The fourth-order valence-electron chi connectivity index (χ4n) is 3.94. The third-order valence-corrected chi connectivity index (χ3v) is 5.45. The fraction of sp³-hybridized carbons (Fsp3) is 0.474. The molecule has 2 atom stereocenters. The molecular weight excluding hydrogens is 360 g/mol. The Morgan fingerprint density at radius 1 is 1.14 bits per heavy atom. The van der Waals surface area contributed by atoms with Crippen LogP contribution in [0.3, 0.4) is 0 Å². The lowest BCUT2D eigenvalue weighted by molar-refractivity contribution is -0.140. The first kappa shape index (κ1) is 18.3. The van der Waals surface area contributed by atoms with E-state index in [1.54, 1.807) is 23.3 Å². The fourth-order valence-corrected chi connectivity index (χ4v) is 3.94. The van der Waals surface area contributed by atoms with Crippen LogP contribution in [-0.4, -0.2) is 48.9 Å². The summed E-state index contributed by atoms with van der Waals surface area (Å²) < 4.78 is 1.55. The average molecular weight is 382 g/mol. The Hall–Kier alpha value is -3.10. The van der Waals surface area contributed by atoms with Gasteiger partial charge < -0.3 is 5.32 Å². The van der Waals surface area contributed by atoms with E-state index in [4.69, 9.17) is 0 Å². The van der Waals surface area contributed by atoms with Crippen molar-refractivity contribution < 1.29 is 14.4 Å². The Kier molecular flexibility index (Phi) is 5.14. The molecule has 1 aliphatic carbocycles. The van der Waals surface area contributed by atoms with Gasteiger partial charge in [0.05, 0.1) is 11.8 Å². The minimum atomic E-state index is -0.198. The molecule has 0 spiro atoms. The molecule has 0 aromatic carbocycles. The van der Waals surface area contributed by atoms with Gasteiger partial charge in [0.1, 0.15) is 12.7 Å². The van der Waals surface area contributed by atoms with Crippen LogP contribution in [0.1, 0.15) is 37.7 Å². The van der Waals surface area contributed by atoms with Crippen LogP contribution >= 0.6 is 0 Å². The van der Waals surface area contributed by atoms with Crippen molar-refractivity contribution in [2.24, 2.45) is 11.8 Å². The SMILES string of the molecule is O=C(CCN1C(=O)[C@H]2CCCC[C@H]2C1=O)NCc1ccc(-n2cncn2)nc1. The van der Waals surface area contributed by atoms with Crippen molar-refractivity contribution in [1.29, 1.82) is 0 Å². The van der Waals surface area contributed by atoms with E-state index in [2.05, 4.69) is 20.4 Å². The maximum Gasteiger partial charge on any atom is 0.233 e. The van der Waals surface area contributed by atoms with Crippen molar-refractivity contribution in [3.8, 4) is 5.82 Å². The largest absolute Gasteiger partial charge is 0.352 e. The number of pyridine rings is 1. The quantitative estimate of drug-likeness (QED) is 0.742. The number of likely N-dealkylation sites (tertiary alicyclic amines) is 1. The molecule has 3 amide bonds. The van der Waals surface area contributed by atoms with E-state index in [0.29, 0.717) is 12.4 Å². The van der Waals surface area contributed by atoms with Crippen LogP contribution in [0.25, 0.3) is 5.82 Å². The number of nitrogens with zero attached hydrogens (tertiary/aromatic N) is 5. The molecule has 1 aliphatic heterocycles. The molecule has 1 saturated heterocycles. The van der Waals surface area contributed by atoms with Gasteiger partial charge in [-0.25, -0.2) is 14.6 Å². The molecule has 9 heteroatoms. The molecule has 2 aromatic rings. The van der Waals surface area contributed by atoms with E-state index < -0.39 is 0 Å². The van der Waals surface area contributed by atoms with Crippen molar-refractivity contribution in [3.05, 3.63) is 36.5 Å². The molecule has 1 saturated carbocycles. The van der Waals surface area contributed by atoms with Crippen LogP contribution in [0.2, 0.25) is 0 Å². The van der Waals surface area contributed by atoms with Gasteiger partial charge in [0.15, 0.2) is 5.82 Å². The minimum Gasteiger partial charge on any atom is -0.352 e. The second-order valence-electron chi connectivity index (χ2n) is 7.22. The second kappa shape index (κ2) is 7.87. The van der Waals surface area contributed by atoms with Crippen molar-refractivity contribution in [1.82, 2.24) is 30.0 Å². The number of fused-ring (bicyclic) bond motifs is 1. The van der Waals surface area contributed by atoms with Crippen LogP contribution in [0.4, 0.5) is 0 Å². The maximum atomic E-state index is 12.4. The summed E-state index contributed by atoms with van der Waals surface area (Å²) in [7, 11) is 0. The normalized spacial score (nSPS) is 21.6. The summed E-state index contributed by atoms with van der Waals surface area (Å²) >= 11 is 0. The lowest BCUT2D eigenvalue weighted by Crippen LogP contribution is -2.35. The van der Waals surface area contributed by atoms with Gasteiger partial charge in [0, 0.05) is 25.7 Å². The summed E-state index contributed by atoms with van der Waals surface area (Å²) in [6.07, 6.45) is 8.33. The first-order valence-corrected chi connectivity index (χ1v) is 9.55. The summed E-state index contributed by atoms with van der Waals surface area (Å²) in [5.41, 5.74) is 0.844. The molecule has 0 radical (unpaired) electrons. The molecular formula is C19H22N6O3. The van der Waals surface area contributed by atoms with E-state index in [1.165, 1.54) is 11.2 Å². The van der Waals surface area contributed by atoms with Gasteiger partial charge in [-0.3, -0.25) is 19.3 Å². The zero-order chi connectivity index (χ0) is 19.5. The third-order valence-electron chi connectivity index (χ3n) is 5.45. The minimum absolute atomic E-state index is 0.101. The summed E-state index contributed by atoms with van der Waals surface area (Å²) in [6, 6.07) is 3.64. The van der Waals surface area contributed by atoms with Gasteiger partial charge in [0.2, 0.25) is 17.7 Å². The lowest BCUT2D eigenvalue weighted by atomic mass is 9.81. The molecule has 3 heterocycles. The highest BCUT2D eigenvalue weighted by Crippen LogP contribution is 2.37. The number of imide groups is 1. The molecule has 0 bridgehead atoms. The number of hydrogen-bond acceptors (Lipinski definition) is 6. The van der Waals surface area contributed by atoms with E-state index in [-0.39, 0.29) is 42.5 Å². The van der Waals surface area contributed by atoms with Gasteiger partial charge >= 0.3 is 0 Å². The molecule has 28 heavy (non-hydrogen) atoms. The van der Waals surface area contributed by atoms with Gasteiger partial charge in [0.25, 0.3) is 0 Å². The summed E-state index contributed by atoms with van der Waals surface area (Å²) in [6.45, 7) is 0.483. The van der Waals surface area contributed by atoms with Gasteiger partial charge in [-0.05, 0) is 24.5 Å². The number of hydrogen-bond donors (Lipinski definition) is 1. The average Bonchev–Trinajstić information content (AvgIpc) is 3.34. The molecule has 1 N–H and O–H groups in total. The van der Waals surface area contributed by atoms with Crippen LogP contribution in [0, 0.1) is 11.8 Å². The Bertz CT molecular complexity index is 840. The zero-order valence-electron chi connectivity index (χ0n) is 15.5. The zero-order valence-corrected chi connectivity index (χ0v) is 15.5. The highest BCUT2D eigenvalue weighted by molar-refractivity contribution is 6.05. The monoisotopic (exact) mass is 382 g/mol. The number of carbonyl (C=O) groups is 3. The lowest BCUT2D eigenvalue weighted by Gasteiger charge is -2.19. The molecule has 2 fully saturated rings. The third kappa shape index (κ3) is 3.64. The Balaban J connectivity index is 1.26. The molecule has 4 rings (SSSR count). The predicted molar refractivity (Wildman–Crippen MR) is 97.8 cm³/mol.